The van der Waals surface area contributed by atoms with Crippen molar-refractivity contribution in [1.29, 1.82) is 0 Å². The standard InChI is InChI=1S/C21H32N4O4/c1-14-9-20(2,3)13-21(10-14)18(27)25(19(28)23-21)12-17(26)22-11-15(24(4)5)16-7-6-8-29-16/h6-8,14-15H,9-13H2,1-5H3,(H,22,26)(H,23,28)/p+1/t14-,15-,21-/m0/s1. The molecule has 1 aromatic heterocycles. The van der Waals surface area contributed by atoms with Gasteiger partial charge in [0.1, 0.15) is 12.1 Å². The zero-order valence-corrected chi connectivity index (χ0v) is 18.0. The highest BCUT2D eigenvalue weighted by molar-refractivity contribution is 6.09. The number of imide groups is 1. The molecule has 8 nitrogen and oxygen atoms in total. The number of amides is 4. The highest BCUT2D eigenvalue weighted by Crippen LogP contribution is 2.46. The fraction of sp³-hybridized carbons (Fsp3) is 0.667. The molecule has 3 atom stereocenters. The van der Waals surface area contributed by atoms with E-state index >= 15 is 0 Å². The minimum Gasteiger partial charge on any atom is -0.463 e. The minimum absolute atomic E-state index is 0.0381. The predicted molar refractivity (Wildman–Crippen MR) is 107 cm³/mol. The molecule has 2 heterocycles. The summed E-state index contributed by atoms with van der Waals surface area (Å²) >= 11 is 0. The molecule has 0 unspecified atom stereocenters. The summed E-state index contributed by atoms with van der Waals surface area (Å²) in [6.45, 7) is 6.44. The molecule has 29 heavy (non-hydrogen) atoms. The number of nitrogens with zero attached hydrogens (tertiary/aromatic N) is 1. The molecular weight excluding hydrogens is 372 g/mol. The van der Waals surface area contributed by atoms with Crippen LogP contribution in [0.2, 0.25) is 0 Å². The van der Waals surface area contributed by atoms with Crippen LogP contribution in [0.25, 0.3) is 0 Å². The Balaban J connectivity index is 1.63. The second-order valence-electron chi connectivity index (χ2n) is 9.71. The van der Waals surface area contributed by atoms with Crippen LogP contribution in [0.5, 0.6) is 0 Å². The van der Waals surface area contributed by atoms with Crippen LogP contribution in [-0.2, 0) is 9.59 Å². The molecule has 3 N–H and O–H groups in total. The van der Waals surface area contributed by atoms with Gasteiger partial charge in [-0.25, -0.2) is 4.79 Å². The second kappa shape index (κ2) is 7.82. The Labute approximate surface area is 172 Å². The Bertz CT molecular complexity index is 774. The lowest BCUT2D eigenvalue weighted by atomic mass is 9.64. The van der Waals surface area contributed by atoms with Crippen molar-refractivity contribution >= 4 is 17.8 Å². The average Bonchev–Trinajstić information content (AvgIpc) is 3.17. The summed E-state index contributed by atoms with van der Waals surface area (Å²) in [7, 11) is 3.96. The minimum atomic E-state index is -0.886. The van der Waals surface area contributed by atoms with Crippen LogP contribution in [-0.4, -0.2) is 55.5 Å². The van der Waals surface area contributed by atoms with Crippen molar-refractivity contribution in [2.24, 2.45) is 11.3 Å². The van der Waals surface area contributed by atoms with Crippen molar-refractivity contribution < 1.29 is 23.7 Å². The van der Waals surface area contributed by atoms with E-state index in [2.05, 4.69) is 31.4 Å². The first-order chi connectivity index (χ1) is 13.5. The number of rotatable bonds is 6. The zero-order chi connectivity index (χ0) is 21.4. The van der Waals surface area contributed by atoms with Crippen LogP contribution in [0.15, 0.2) is 22.8 Å². The van der Waals surface area contributed by atoms with Crippen molar-refractivity contribution in [1.82, 2.24) is 15.5 Å². The van der Waals surface area contributed by atoms with Gasteiger partial charge in [0.05, 0.1) is 26.9 Å². The number of carbonyl (C=O) groups is 3. The Morgan fingerprint density at radius 1 is 1.38 bits per heavy atom. The molecule has 8 heteroatoms. The van der Waals surface area contributed by atoms with Crippen LogP contribution in [0.1, 0.15) is 51.8 Å². The van der Waals surface area contributed by atoms with Crippen LogP contribution in [0.4, 0.5) is 4.79 Å². The maximum absolute atomic E-state index is 13.1. The van der Waals surface area contributed by atoms with Gasteiger partial charge < -0.3 is 20.0 Å². The van der Waals surface area contributed by atoms with Gasteiger partial charge in [-0.15, -0.1) is 0 Å². The zero-order valence-electron chi connectivity index (χ0n) is 18.0. The molecule has 0 bridgehead atoms. The average molecular weight is 406 g/mol. The van der Waals surface area contributed by atoms with Gasteiger partial charge in [-0.05, 0) is 42.7 Å². The lowest BCUT2D eigenvalue weighted by molar-refractivity contribution is -0.891. The van der Waals surface area contributed by atoms with E-state index in [9.17, 15) is 14.4 Å². The van der Waals surface area contributed by atoms with Crippen molar-refractivity contribution in [3.63, 3.8) is 0 Å². The van der Waals surface area contributed by atoms with Gasteiger partial charge in [-0.3, -0.25) is 14.5 Å². The lowest BCUT2D eigenvalue weighted by Gasteiger charge is -2.43. The monoisotopic (exact) mass is 405 g/mol. The van der Waals surface area contributed by atoms with E-state index in [0.717, 1.165) is 22.0 Å². The molecule has 4 amide bonds. The summed E-state index contributed by atoms with van der Waals surface area (Å²) in [5.41, 5.74) is -0.924. The first-order valence-corrected chi connectivity index (χ1v) is 10.3. The number of hydrogen-bond donors (Lipinski definition) is 3. The van der Waals surface area contributed by atoms with Gasteiger partial charge in [0, 0.05) is 0 Å². The molecular formula is C21H33N4O4+. The van der Waals surface area contributed by atoms with E-state index in [4.69, 9.17) is 4.42 Å². The normalized spacial score (nSPS) is 27.4. The van der Waals surface area contributed by atoms with Gasteiger partial charge in [0.25, 0.3) is 5.91 Å². The third-order valence-electron chi connectivity index (χ3n) is 6.01. The third kappa shape index (κ3) is 4.47. The van der Waals surface area contributed by atoms with E-state index in [-0.39, 0.29) is 29.8 Å². The third-order valence-corrected chi connectivity index (χ3v) is 6.01. The SMILES string of the molecule is C[C@H]1CC(C)(C)C[C@]2(C1)NC(=O)N(CC(=O)NC[C@@H](c1ccco1)[NH+](C)C)C2=O. The molecule has 0 aromatic carbocycles. The molecule has 1 spiro atoms. The Morgan fingerprint density at radius 3 is 2.69 bits per heavy atom. The highest BCUT2D eigenvalue weighted by Gasteiger charge is 2.56. The number of quaternary nitrogens is 1. The smallest absolute Gasteiger partial charge is 0.325 e. The van der Waals surface area contributed by atoms with E-state index in [1.54, 1.807) is 6.26 Å². The molecule has 0 radical (unpaired) electrons. The summed E-state index contributed by atoms with van der Waals surface area (Å²) in [5.74, 6) is 0.469. The second-order valence-corrected chi connectivity index (χ2v) is 9.71. The Morgan fingerprint density at radius 2 is 2.10 bits per heavy atom. The largest absolute Gasteiger partial charge is 0.463 e. The maximum Gasteiger partial charge on any atom is 0.325 e. The fourth-order valence-corrected chi connectivity index (χ4v) is 5.14. The molecule has 1 aromatic rings. The molecule has 160 valence electrons. The highest BCUT2D eigenvalue weighted by atomic mass is 16.3. The number of furan rings is 1. The van der Waals surface area contributed by atoms with Crippen LogP contribution in [0.3, 0.4) is 0 Å². The maximum atomic E-state index is 13.1. The van der Waals surface area contributed by atoms with E-state index in [1.165, 1.54) is 0 Å². The molecule has 1 aliphatic carbocycles. The summed E-state index contributed by atoms with van der Waals surface area (Å²) in [4.78, 5) is 40.4. The first kappa shape index (κ1) is 21.4. The number of hydrogen-bond acceptors (Lipinski definition) is 4. The molecule has 1 saturated carbocycles. The molecule has 1 saturated heterocycles. The van der Waals surface area contributed by atoms with Gasteiger partial charge in [0.15, 0.2) is 11.8 Å². The number of urea groups is 1. The summed E-state index contributed by atoms with van der Waals surface area (Å²) in [6.07, 6.45) is 3.83. The molecule has 3 rings (SSSR count). The van der Waals surface area contributed by atoms with Crippen LogP contribution in [0, 0.1) is 11.3 Å². The van der Waals surface area contributed by atoms with Crippen molar-refractivity contribution in [2.75, 3.05) is 27.2 Å². The number of likely N-dealkylation sites (N-methyl/N-ethyl adjacent to an activating group) is 1. The van der Waals surface area contributed by atoms with E-state index < -0.39 is 11.6 Å². The Kier molecular flexibility index (Phi) is 5.76. The summed E-state index contributed by atoms with van der Waals surface area (Å²) < 4.78 is 5.46. The molecule has 1 aliphatic heterocycles. The van der Waals surface area contributed by atoms with E-state index in [1.807, 2.05) is 26.2 Å². The molecule has 2 fully saturated rings. The van der Waals surface area contributed by atoms with Crippen molar-refractivity contribution in [2.45, 2.75) is 51.6 Å². The lowest BCUT2D eigenvalue weighted by Crippen LogP contribution is -3.07. The fourth-order valence-electron chi connectivity index (χ4n) is 5.14. The summed E-state index contributed by atoms with van der Waals surface area (Å²) in [6, 6.07) is 3.16. The van der Waals surface area contributed by atoms with Gasteiger partial charge in [-0.2, -0.15) is 0 Å². The molecule has 2 aliphatic rings. The number of carbonyl (C=O) groups excluding carboxylic acids is 3. The van der Waals surface area contributed by atoms with Gasteiger partial charge >= 0.3 is 6.03 Å². The van der Waals surface area contributed by atoms with Crippen molar-refractivity contribution in [3.8, 4) is 0 Å². The van der Waals surface area contributed by atoms with Crippen LogP contribution < -0.4 is 15.5 Å². The number of nitrogens with one attached hydrogen (secondary N) is 3. The van der Waals surface area contributed by atoms with Gasteiger partial charge in [0.2, 0.25) is 5.91 Å². The quantitative estimate of drug-likeness (QED) is 0.608. The summed E-state index contributed by atoms with van der Waals surface area (Å²) in [5, 5.41) is 5.75. The topological polar surface area (TPSA) is 96.1 Å². The Hall–Kier alpha value is -2.35. The predicted octanol–water partition coefficient (Wildman–Crippen LogP) is 0.718. The first-order valence-electron chi connectivity index (χ1n) is 10.3. The van der Waals surface area contributed by atoms with E-state index in [0.29, 0.717) is 25.3 Å². The van der Waals surface area contributed by atoms with Gasteiger partial charge in [-0.1, -0.05) is 20.8 Å². The van der Waals surface area contributed by atoms with Crippen LogP contribution >= 0.6 is 0 Å². The van der Waals surface area contributed by atoms with Crippen molar-refractivity contribution in [3.05, 3.63) is 24.2 Å².